The third kappa shape index (κ3) is 4.16. The zero-order valence-corrected chi connectivity index (χ0v) is 13.8. The smallest absolute Gasteiger partial charge is 0.222 e. The number of hydrogen-bond acceptors (Lipinski definition) is 4. The monoisotopic (exact) mass is 318 g/mol. The van der Waals surface area contributed by atoms with Gasteiger partial charge in [-0.1, -0.05) is 12.1 Å². The zero-order chi connectivity index (χ0) is 16.1. The van der Waals surface area contributed by atoms with E-state index >= 15 is 0 Å². The number of carbonyl (C=O) groups is 1. The maximum atomic E-state index is 11.6. The largest absolute Gasteiger partial charge is 0.490 e. The van der Waals surface area contributed by atoms with Crippen molar-refractivity contribution < 1.29 is 14.3 Å². The topological polar surface area (TPSA) is 50.8 Å². The van der Waals surface area contributed by atoms with E-state index in [1.54, 1.807) is 0 Å². The summed E-state index contributed by atoms with van der Waals surface area (Å²) in [4.78, 5) is 13.6. The molecule has 1 aromatic carbocycles. The summed E-state index contributed by atoms with van der Waals surface area (Å²) in [7, 11) is 0. The van der Waals surface area contributed by atoms with Crippen LogP contribution in [-0.4, -0.2) is 43.2 Å². The molecular weight excluding hydrogens is 292 g/mol. The summed E-state index contributed by atoms with van der Waals surface area (Å²) in [5.41, 5.74) is 1.13. The van der Waals surface area contributed by atoms with Gasteiger partial charge < -0.3 is 19.7 Å². The second-order valence-electron chi connectivity index (χ2n) is 6.35. The summed E-state index contributed by atoms with van der Waals surface area (Å²) in [6.07, 6.45) is 3.61. The molecule has 2 aliphatic heterocycles. The Morgan fingerprint density at radius 1 is 1.26 bits per heavy atom. The van der Waals surface area contributed by atoms with Crippen LogP contribution in [0.4, 0.5) is 0 Å². The molecule has 5 nitrogen and oxygen atoms in total. The van der Waals surface area contributed by atoms with Gasteiger partial charge in [-0.05, 0) is 25.8 Å². The van der Waals surface area contributed by atoms with Gasteiger partial charge in [0.2, 0.25) is 5.91 Å². The first-order valence-corrected chi connectivity index (χ1v) is 8.62. The Labute approximate surface area is 137 Å². The highest BCUT2D eigenvalue weighted by Gasteiger charge is 2.20. The van der Waals surface area contributed by atoms with Gasteiger partial charge in [0.25, 0.3) is 0 Å². The van der Waals surface area contributed by atoms with Crippen molar-refractivity contribution in [1.82, 2.24) is 10.2 Å². The predicted octanol–water partition coefficient (Wildman–Crippen LogP) is 2.34. The maximum absolute atomic E-state index is 11.6. The summed E-state index contributed by atoms with van der Waals surface area (Å²) < 4.78 is 11.6. The second kappa shape index (κ2) is 7.68. The molecule has 23 heavy (non-hydrogen) atoms. The maximum Gasteiger partial charge on any atom is 0.222 e. The third-order valence-corrected chi connectivity index (χ3v) is 4.50. The number of benzene rings is 1. The first kappa shape index (κ1) is 16.1. The Morgan fingerprint density at radius 3 is 2.96 bits per heavy atom. The van der Waals surface area contributed by atoms with E-state index in [1.807, 2.05) is 17.0 Å². The van der Waals surface area contributed by atoms with Crippen molar-refractivity contribution in [1.29, 1.82) is 0 Å². The fourth-order valence-corrected chi connectivity index (χ4v) is 3.07. The molecule has 1 fully saturated rings. The van der Waals surface area contributed by atoms with Crippen LogP contribution in [0, 0.1) is 0 Å². The minimum Gasteiger partial charge on any atom is -0.490 e. The van der Waals surface area contributed by atoms with Crippen LogP contribution in [0.2, 0.25) is 0 Å². The van der Waals surface area contributed by atoms with Crippen molar-refractivity contribution in [2.45, 2.75) is 45.2 Å². The molecule has 1 atom stereocenters. The van der Waals surface area contributed by atoms with Crippen LogP contribution in [0.15, 0.2) is 18.2 Å². The lowest BCUT2D eigenvalue weighted by atomic mass is 10.1. The van der Waals surface area contributed by atoms with Crippen LogP contribution in [0.25, 0.3) is 0 Å². The second-order valence-corrected chi connectivity index (χ2v) is 6.35. The minimum atomic E-state index is 0.302. The van der Waals surface area contributed by atoms with E-state index in [2.05, 4.69) is 18.3 Å². The molecule has 0 spiro atoms. The number of carbonyl (C=O) groups excluding carboxylic acids is 1. The standard InChI is InChI=1S/C18H26N2O3/c1-14(8-10-20-9-3-7-17(20)21)19-13-15-5-2-6-16-18(15)23-12-4-11-22-16/h2,5-6,14,19H,3-4,7-13H2,1H3/t14-/m1/s1. The average molecular weight is 318 g/mol. The van der Waals surface area contributed by atoms with Crippen molar-refractivity contribution in [3.63, 3.8) is 0 Å². The quantitative estimate of drug-likeness (QED) is 0.875. The minimum absolute atomic E-state index is 0.302. The molecule has 3 rings (SSSR count). The van der Waals surface area contributed by atoms with E-state index in [0.717, 1.165) is 62.4 Å². The molecule has 1 amide bonds. The molecule has 2 aliphatic rings. The van der Waals surface area contributed by atoms with Gasteiger partial charge in [-0.15, -0.1) is 0 Å². The number of amides is 1. The lowest BCUT2D eigenvalue weighted by Gasteiger charge is -2.20. The van der Waals surface area contributed by atoms with Gasteiger partial charge in [-0.2, -0.15) is 0 Å². The first-order chi connectivity index (χ1) is 11.2. The molecule has 1 saturated heterocycles. The average Bonchev–Trinajstić information content (AvgIpc) is 2.82. The number of para-hydroxylation sites is 1. The van der Waals surface area contributed by atoms with E-state index < -0.39 is 0 Å². The Kier molecular flexibility index (Phi) is 5.39. The fraction of sp³-hybridized carbons (Fsp3) is 0.611. The van der Waals surface area contributed by atoms with Crippen molar-refractivity contribution in [3.8, 4) is 11.5 Å². The van der Waals surface area contributed by atoms with Crippen LogP contribution >= 0.6 is 0 Å². The molecule has 0 saturated carbocycles. The fourth-order valence-electron chi connectivity index (χ4n) is 3.07. The number of nitrogens with one attached hydrogen (secondary N) is 1. The van der Waals surface area contributed by atoms with Gasteiger partial charge >= 0.3 is 0 Å². The SMILES string of the molecule is C[C@H](CCN1CCCC1=O)NCc1cccc2c1OCCCO2. The number of likely N-dealkylation sites (tertiary alicyclic amines) is 1. The lowest BCUT2D eigenvalue weighted by molar-refractivity contribution is -0.127. The molecule has 1 aromatic rings. The number of hydrogen-bond donors (Lipinski definition) is 1. The summed E-state index contributed by atoms with van der Waals surface area (Å²) in [6.45, 7) is 6.10. The Balaban J connectivity index is 1.51. The summed E-state index contributed by atoms with van der Waals surface area (Å²) in [5.74, 6) is 2.02. The summed E-state index contributed by atoms with van der Waals surface area (Å²) in [5, 5.41) is 3.53. The van der Waals surface area contributed by atoms with E-state index in [4.69, 9.17) is 9.47 Å². The molecule has 5 heteroatoms. The van der Waals surface area contributed by atoms with Gasteiger partial charge in [0.15, 0.2) is 11.5 Å². The van der Waals surface area contributed by atoms with Gasteiger partial charge in [0.1, 0.15) is 0 Å². The summed E-state index contributed by atoms with van der Waals surface area (Å²) >= 11 is 0. The number of nitrogens with zero attached hydrogens (tertiary/aromatic N) is 1. The Morgan fingerprint density at radius 2 is 2.13 bits per heavy atom. The van der Waals surface area contributed by atoms with Crippen LogP contribution < -0.4 is 14.8 Å². The molecule has 2 heterocycles. The van der Waals surface area contributed by atoms with E-state index in [9.17, 15) is 4.79 Å². The van der Waals surface area contributed by atoms with Crippen LogP contribution in [-0.2, 0) is 11.3 Å². The molecule has 0 aliphatic carbocycles. The van der Waals surface area contributed by atoms with Crippen molar-refractivity contribution >= 4 is 5.91 Å². The van der Waals surface area contributed by atoms with Crippen molar-refractivity contribution in [2.75, 3.05) is 26.3 Å². The molecule has 0 aromatic heterocycles. The highest BCUT2D eigenvalue weighted by Crippen LogP contribution is 2.33. The molecule has 126 valence electrons. The normalized spacial score (nSPS) is 18.8. The number of ether oxygens (including phenoxy) is 2. The third-order valence-electron chi connectivity index (χ3n) is 4.50. The highest BCUT2D eigenvalue weighted by atomic mass is 16.5. The Bertz CT molecular complexity index is 547. The van der Waals surface area contributed by atoms with Gasteiger partial charge in [0.05, 0.1) is 13.2 Å². The van der Waals surface area contributed by atoms with Crippen LogP contribution in [0.3, 0.4) is 0 Å². The van der Waals surface area contributed by atoms with Crippen LogP contribution in [0.1, 0.15) is 38.2 Å². The van der Waals surface area contributed by atoms with E-state index in [0.29, 0.717) is 25.2 Å². The molecule has 1 N–H and O–H groups in total. The predicted molar refractivity (Wildman–Crippen MR) is 88.8 cm³/mol. The number of rotatable bonds is 6. The molecule has 0 radical (unpaired) electrons. The van der Waals surface area contributed by atoms with Gasteiger partial charge in [-0.25, -0.2) is 0 Å². The van der Waals surface area contributed by atoms with Gasteiger partial charge in [-0.3, -0.25) is 4.79 Å². The Hall–Kier alpha value is -1.75. The van der Waals surface area contributed by atoms with Crippen LogP contribution in [0.5, 0.6) is 11.5 Å². The molecular formula is C18H26N2O3. The van der Waals surface area contributed by atoms with E-state index in [-0.39, 0.29) is 0 Å². The van der Waals surface area contributed by atoms with Crippen molar-refractivity contribution in [2.24, 2.45) is 0 Å². The lowest BCUT2D eigenvalue weighted by Crippen LogP contribution is -2.33. The zero-order valence-electron chi connectivity index (χ0n) is 13.8. The van der Waals surface area contributed by atoms with E-state index in [1.165, 1.54) is 0 Å². The highest BCUT2D eigenvalue weighted by molar-refractivity contribution is 5.78. The summed E-state index contributed by atoms with van der Waals surface area (Å²) in [6, 6.07) is 6.41. The van der Waals surface area contributed by atoms with Gasteiger partial charge in [0, 0.05) is 44.1 Å². The molecule has 0 unspecified atom stereocenters. The number of fused-ring (bicyclic) bond motifs is 1. The first-order valence-electron chi connectivity index (χ1n) is 8.62. The van der Waals surface area contributed by atoms with Crippen molar-refractivity contribution in [3.05, 3.63) is 23.8 Å². The molecule has 0 bridgehead atoms.